The van der Waals surface area contributed by atoms with Gasteiger partial charge in [-0.2, -0.15) is 0 Å². The minimum Gasteiger partial charge on any atom is -1.00 e. The summed E-state index contributed by atoms with van der Waals surface area (Å²) in [5.74, 6) is 0.868. The molecule has 0 fully saturated rings. The topological polar surface area (TPSA) is 93.7 Å². The summed E-state index contributed by atoms with van der Waals surface area (Å²) in [5.41, 5.74) is 13.1. The van der Waals surface area contributed by atoms with Crippen molar-refractivity contribution in [2.24, 2.45) is 16.0 Å². The lowest BCUT2D eigenvalue weighted by molar-refractivity contribution is -0.686. The summed E-state index contributed by atoms with van der Waals surface area (Å²) in [4.78, 5) is 4.84. The number of imidazole rings is 1. The molecule has 2 aromatic rings. The van der Waals surface area contributed by atoms with Crippen molar-refractivity contribution in [1.82, 2.24) is 4.57 Å². The number of likely N-dealkylation sites (N-methyl/N-ethyl adjacent to an activating group) is 2. The maximum absolute atomic E-state index is 5.70. The number of nitrogens with zero attached hydrogens (tertiary/aromatic N) is 6. The van der Waals surface area contributed by atoms with Crippen LogP contribution in [-0.2, 0) is 13.1 Å². The molecule has 32 heavy (non-hydrogen) atoms. The fourth-order valence-corrected chi connectivity index (χ4v) is 3.80. The van der Waals surface area contributed by atoms with Crippen LogP contribution in [0.15, 0.2) is 40.8 Å². The van der Waals surface area contributed by atoms with Gasteiger partial charge in [0.2, 0.25) is 0 Å². The Morgan fingerprint density at radius 2 is 1.72 bits per heavy atom. The molecule has 0 radical (unpaired) electrons. The predicted molar refractivity (Wildman–Crippen MR) is 117 cm³/mol. The van der Waals surface area contributed by atoms with E-state index in [0.717, 1.165) is 70.3 Å². The van der Waals surface area contributed by atoms with Crippen molar-refractivity contribution >= 4 is 23.0 Å². The van der Waals surface area contributed by atoms with Gasteiger partial charge in [0.25, 0.3) is 0 Å². The molecular weight excluding hydrogens is 515 g/mol. The van der Waals surface area contributed by atoms with E-state index in [2.05, 4.69) is 79.3 Å². The molecule has 0 spiro atoms. The SMILES string of the molecule is CCN1CCN(CC)c2cc(N=Nc3n(CCCN)cc[n+]3CCC[NH3+])ccc21.[Br-].[Cl-].[Cl-]. The molecule has 5 N–H and O–H groups in total. The zero-order chi connectivity index (χ0) is 20.6. The molecule has 2 heterocycles. The van der Waals surface area contributed by atoms with Crippen molar-refractivity contribution in [3.05, 3.63) is 30.6 Å². The normalized spacial score (nSPS) is 12.8. The molecule has 11 heteroatoms. The Labute approximate surface area is 214 Å². The van der Waals surface area contributed by atoms with E-state index in [0.29, 0.717) is 6.54 Å². The number of rotatable bonds is 10. The van der Waals surface area contributed by atoms with Crippen LogP contribution in [0.3, 0.4) is 0 Å². The first-order chi connectivity index (χ1) is 14.2. The van der Waals surface area contributed by atoms with E-state index < -0.39 is 0 Å². The van der Waals surface area contributed by atoms with Gasteiger partial charge in [-0.1, -0.05) is 5.11 Å². The fourth-order valence-electron chi connectivity index (χ4n) is 3.80. The first-order valence-electron chi connectivity index (χ1n) is 10.8. The van der Waals surface area contributed by atoms with Crippen LogP contribution in [-0.4, -0.2) is 43.8 Å². The molecule has 0 aliphatic carbocycles. The number of benzene rings is 1. The second-order valence-corrected chi connectivity index (χ2v) is 7.37. The molecule has 182 valence electrons. The highest BCUT2D eigenvalue weighted by atomic mass is 79.9. The fraction of sp³-hybridized carbons (Fsp3) is 0.571. The molecule has 1 aliphatic heterocycles. The summed E-state index contributed by atoms with van der Waals surface area (Å²) in [6, 6.07) is 6.41. The van der Waals surface area contributed by atoms with Crippen LogP contribution in [0.5, 0.6) is 0 Å². The van der Waals surface area contributed by atoms with Crippen LogP contribution in [0.25, 0.3) is 0 Å². The summed E-state index contributed by atoms with van der Waals surface area (Å²) in [6.07, 6.45) is 6.08. The molecule has 1 aromatic heterocycles. The lowest BCUT2D eigenvalue weighted by Gasteiger charge is -2.38. The minimum atomic E-state index is 0. The molecule has 3 rings (SSSR count). The molecular formula is C21H36BrCl2N8-. The van der Waals surface area contributed by atoms with Crippen molar-refractivity contribution in [3.8, 4) is 0 Å². The minimum absolute atomic E-state index is 0. The Bertz CT molecular complexity index is 805. The van der Waals surface area contributed by atoms with Gasteiger partial charge < -0.3 is 63.1 Å². The number of fused-ring (bicyclic) bond motifs is 1. The lowest BCUT2D eigenvalue weighted by atomic mass is 10.1. The van der Waals surface area contributed by atoms with Crippen molar-refractivity contribution in [1.29, 1.82) is 0 Å². The van der Waals surface area contributed by atoms with Gasteiger partial charge >= 0.3 is 5.95 Å². The number of quaternary nitrogens is 1. The van der Waals surface area contributed by atoms with E-state index in [-0.39, 0.29) is 41.8 Å². The number of hydrogen-bond donors (Lipinski definition) is 2. The number of aromatic nitrogens is 2. The van der Waals surface area contributed by atoms with Gasteiger partial charge in [-0.25, -0.2) is 9.13 Å². The number of aryl methyl sites for hydroxylation is 2. The van der Waals surface area contributed by atoms with Crippen LogP contribution in [0, 0.1) is 0 Å². The number of anilines is 2. The summed E-state index contributed by atoms with van der Waals surface area (Å²) in [7, 11) is 0. The molecule has 0 bridgehead atoms. The van der Waals surface area contributed by atoms with Gasteiger partial charge in [0.05, 0.1) is 43.4 Å². The molecule has 0 saturated carbocycles. The Balaban J connectivity index is 0.00000320. The monoisotopic (exact) mass is 549 g/mol. The van der Waals surface area contributed by atoms with Crippen molar-refractivity contribution in [2.45, 2.75) is 39.8 Å². The Kier molecular flexibility index (Phi) is 14.8. The highest BCUT2D eigenvalue weighted by Gasteiger charge is 2.22. The number of azo groups is 1. The van der Waals surface area contributed by atoms with Crippen LogP contribution in [0.1, 0.15) is 26.7 Å². The summed E-state index contributed by atoms with van der Waals surface area (Å²) >= 11 is 0. The van der Waals surface area contributed by atoms with Gasteiger partial charge in [0.1, 0.15) is 5.69 Å². The van der Waals surface area contributed by atoms with Gasteiger partial charge in [-0.05, 0) is 45.0 Å². The lowest BCUT2D eigenvalue weighted by Crippen LogP contribution is -3.00. The van der Waals surface area contributed by atoms with Crippen LogP contribution < -0.4 is 67.6 Å². The Hall–Kier alpha value is -1.39. The molecule has 0 saturated heterocycles. The first-order valence-corrected chi connectivity index (χ1v) is 10.8. The predicted octanol–water partition coefficient (Wildman–Crippen LogP) is -7.15. The number of halogens is 3. The van der Waals surface area contributed by atoms with E-state index in [9.17, 15) is 0 Å². The molecule has 8 nitrogen and oxygen atoms in total. The van der Waals surface area contributed by atoms with E-state index >= 15 is 0 Å². The average Bonchev–Trinajstić information content (AvgIpc) is 3.15. The number of hydrogen-bond acceptors (Lipinski definition) is 5. The second-order valence-electron chi connectivity index (χ2n) is 7.37. The number of nitrogens with two attached hydrogens (primary N) is 1. The second kappa shape index (κ2) is 15.4. The van der Waals surface area contributed by atoms with Gasteiger partial charge in [-0.15, -0.1) is 0 Å². The summed E-state index contributed by atoms with van der Waals surface area (Å²) < 4.78 is 4.29. The first kappa shape index (κ1) is 30.6. The van der Waals surface area contributed by atoms with Gasteiger partial charge in [0, 0.05) is 37.7 Å². The highest BCUT2D eigenvalue weighted by Crippen LogP contribution is 2.36. The maximum atomic E-state index is 5.70. The van der Waals surface area contributed by atoms with Crippen molar-refractivity contribution < 1.29 is 52.1 Å². The Morgan fingerprint density at radius 3 is 2.34 bits per heavy atom. The third-order valence-corrected chi connectivity index (χ3v) is 5.49. The van der Waals surface area contributed by atoms with Crippen molar-refractivity contribution in [3.63, 3.8) is 0 Å². The molecule has 0 amide bonds. The third kappa shape index (κ3) is 7.31. The quantitative estimate of drug-likeness (QED) is 0.227. The highest BCUT2D eigenvalue weighted by molar-refractivity contribution is 5.76. The smallest absolute Gasteiger partial charge is 0.421 e. The largest absolute Gasteiger partial charge is 1.00 e. The Morgan fingerprint density at radius 1 is 1.03 bits per heavy atom. The maximum Gasteiger partial charge on any atom is 0.421 e. The molecule has 1 aliphatic rings. The summed E-state index contributed by atoms with van der Waals surface area (Å²) in [6.45, 7) is 11.9. The van der Waals surface area contributed by atoms with E-state index in [1.54, 1.807) is 0 Å². The molecule has 0 atom stereocenters. The van der Waals surface area contributed by atoms with Gasteiger partial charge in [-0.3, -0.25) is 0 Å². The van der Waals surface area contributed by atoms with Crippen LogP contribution in [0.2, 0.25) is 0 Å². The zero-order valence-electron chi connectivity index (χ0n) is 19.1. The standard InChI is InChI=1S/C21H35N8.BrH.2ClH/c1-3-26-13-14-27(4-2)20-17-18(7-8-19(20)26)24-25-21-28(11-5-9-22)15-16-29(21)12-6-10-23;;;/h7-8,15-17H,3-6,9-14,22-23H2,1-2H3;3*1H/q+1;;;/p-2. The molecule has 0 unspecified atom stereocenters. The van der Waals surface area contributed by atoms with E-state index in [1.807, 2.05) is 0 Å². The van der Waals surface area contributed by atoms with Gasteiger partial charge in [0.15, 0.2) is 0 Å². The third-order valence-electron chi connectivity index (χ3n) is 5.49. The summed E-state index contributed by atoms with van der Waals surface area (Å²) in [5, 5.41) is 9.24. The average molecular weight is 551 g/mol. The van der Waals surface area contributed by atoms with Crippen LogP contribution >= 0.6 is 0 Å². The van der Waals surface area contributed by atoms with Crippen molar-refractivity contribution in [2.75, 3.05) is 49.1 Å². The zero-order valence-corrected chi connectivity index (χ0v) is 22.2. The van der Waals surface area contributed by atoms with E-state index in [4.69, 9.17) is 5.73 Å². The van der Waals surface area contributed by atoms with Crippen LogP contribution in [0.4, 0.5) is 23.0 Å². The molecule has 1 aromatic carbocycles. The van der Waals surface area contributed by atoms with E-state index in [1.165, 1.54) is 11.4 Å².